The molecule has 0 radical (unpaired) electrons. The second-order valence-corrected chi connectivity index (χ2v) is 9.69. The maximum atomic E-state index is 13.7. The van der Waals surface area contributed by atoms with Crippen molar-refractivity contribution in [3.63, 3.8) is 0 Å². The molecule has 1 amide bonds. The van der Waals surface area contributed by atoms with Gasteiger partial charge in [0.1, 0.15) is 5.82 Å². The number of nitrogens with zero attached hydrogens (tertiary/aromatic N) is 1. The van der Waals surface area contributed by atoms with Crippen molar-refractivity contribution in [3.8, 4) is 0 Å². The standard InChI is InChI=1S/C16H22F3N3O.C7H8O3S/c17-12-9-14(19)13(18)7-11(12)8-15(21)10-2-5-22(6-3-10)16(23)1-4-20;1-6-2-4-7(5-3-6)11(8,9)10/h7,9-10,15H,1-6,8,20-21H2;2-5H,1H3,(H,8,9,10)/t15-;/m1./s1. The van der Waals surface area contributed by atoms with Crippen LogP contribution in [0.15, 0.2) is 41.3 Å². The quantitative estimate of drug-likeness (QED) is 0.413. The molecule has 1 saturated heterocycles. The summed E-state index contributed by atoms with van der Waals surface area (Å²) in [4.78, 5) is 13.5. The second-order valence-electron chi connectivity index (χ2n) is 8.27. The van der Waals surface area contributed by atoms with Crippen molar-refractivity contribution >= 4 is 16.0 Å². The number of halogens is 3. The Labute approximate surface area is 197 Å². The van der Waals surface area contributed by atoms with Gasteiger partial charge in [0, 0.05) is 38.2 Å². The number of benzene rings is 2. The maximum absolute atomic E-state index is 13.7. The first-order valence-corrected chi connectivity index (χ1v) is 12.3. The Morgan fingerprint density at radius 3 is 2.18 bits per heavy atom. The van der Waals surface area contributed by atoms with Crippen molar-refractivity contribution in [2.75, 3.05) is 19.6 Å². The van der Waals surface area contributed by atoms with Crippen LogP contribution in [-0.4, -0.2) is 49.5 Å². The lowest BCUT2D eigenvalue weighted by molar-refractivity contribution is -0.132. The molecule has 2 aromatic rings. The minimum absolute atomic E-state index is 0.0335. The molecule has 1 heterocycles. The number of amides is 1. The zero-order chi connectivity index (χ0) is 25.5. The van der Waals surface area contributed by atoms with E-state index in [0.717, 1.165) is 11.6 Å². The summed E-state index contributed by atoms with van der Waals surface area (Å²) in [6, 6.07) is 7.04. The molecular formula is C23H30F3N3O4S. The third-order valence-corrected chi connectivity index (χ3v) is 6.59. The highest BCUT2D eigenvalue weighted by atomic mass is 32.2. The van der Waals surface area contributed by atoms with Gasteiger partial charge in [0.15, 0.2) is 11.6 Å². The molecule has 5 N–H and O–H groups in total. The van der Waals surface area contributed by atoms with Crippen LogP contribution in [0.3, 0.4) is 0 Å². The van der Waals surface area contributed by atoms with Crippen LogP contribution in [0.1, 0.15) is 30.4 Å². The first-order chi connectivity index (χ1) is 15.9. The van der Waals surface area contributed by atoms with Gasteiger partial charge in [-0.2, -0.15) is 8.42 Å². The molecule has 0 saturated carbocycles. The molecule has 0 unspecified atom stereocenters. The second kappa shape index (κ2) is 12.3. The fourth-order valence-corrected chi connectivity index (χ4v) is 4.19. The van der Waals surface area contributed by atoms with E-state index in [1.54, 1.807) is 17.0 Å². The van der Waals surface area contributed by atoms with Crippen LogP contribution in [0.5, 0.6) is 0 Å². The van der Waals surface area contributed by atoms with E-state index in [0.29, 0.717) is 45.0 Å². The molecule has 1 atom stereocenters. The number of piperidine rings is 1. The summed E-state index contributed by atoms with van der Waals surface area (Å²) in [5.74, 6) is -2.91. The SMILES string of the molecule is Cc1ccc(S(=O)(=O)O)cc1.NCCC(=O)N1CCC([C@H](N)Cc2cc(F)c(F)cc2F)CC1. The van der Waals surface area contributed by atoms with E-state index < -0.39 is 27.6 Å². The maximum Gasteiger partial charge on any atom is 0.294 e. The summed E-state index contributed by atoms with van der Waals surface area (Å²) < 4.78 is 69.4. The van der Waals surface area contributed by atoms with Gasteiger partial charge in [-0.25, -0.2) is 13.2 Å². The average Bonchev–Trinajstić information content (AvgIpc) is 2.78. The smallest absolute Gasteiger partial charge is 0.294 e. The Kier molecular flexibility index (Phi) is 10.0. The normalized spacial score (nSPS) is 15.4. The van der Waals surface area contributed by atoms with E-state index in [2.05, 4.69) is 0 Å². The Hall–Kier alpha value is -2.47. The zero-order valence-electron chi connectivity index (χ0n) is 18.9. The number of carbonyl (C=O) groups is 1. The fraction of sp³-hybridized carbons (Fsp3) is 0.435. The van der Waals surface area contributed by atoms with E-state index in [4.69, 9.17) is 16.0 Å². The Bertz CT molecular complexity index is 1070. The molecule has 7 nitrogen and oxygen atoms in total. The lowest BCUT2D eigenvalue weighted by Gasteiger charge is -2.35. The van der Waals surface area contributed by atoms with Crippen LogP contribution in [0.2, 0.25) is 0 Å². The van der Waals surface area contributed by atoms with Crippen molar-refractivity contribution in [1.82, 2.24) is 4.90 Å². The minimum atomic E-state index is -4.02. The highest BCUT2D eigenvalue weighted by Crippen LogP contribution is 2.24. The van der Waals surface area contributed by atoms with E-state index in [1.165, 1.54) is 12.1 Å². The molecule has 34 heavy (non-hydrogen) atoms. The van der Waals surface area contributed by atoms with Crippen molar-refractivity contribution in [2.45, 2.75) is 43.5 Å². The number of hydrogen-bond donors (Lipinski definition) is 3. The van der Waals surface area contributed by atoms with Gasteiger partial charge in [0.05, 0.1) is 4.90 Å². The van der Waals surface area contributed by atoms with E-state index >= 15 is 0 Å². The molecule has 1 aliphatic rings. The Morgan fingerprint density at radius 1 is 1.09 bits per heavy atom. The van der Waals surface area contributed by atoms with Crippen molar-refractivity contribution in [2.24, 2.45) is 17.4 Å². The first kappa shape index (κ1) is 27.8. The molecule has 3 rings (SSSR count). The summed E-state index contributed by atoms with van der Waals surface area (Å²) in [7, 11) is -4.02. The van der Waals surface area contributed by atoms with Crippen LogP contribution >= 0.6 is 0 Å². The number of hydrogen-bond acceptors (Lipinski definition) is 5. The van der Waals surface area contributed by atoms with Crippen LogP contribution in [0, 0.1) is 30.3 Å². The molecule has 0 aliphatic carbocycles. The Morgan fingerprint density at radius 2 is 1.65 bits per heavy atom. The molecule has 1 aliphatic heterocycles. The van der Waals surface area contributed by atoms with Gasteiger partial charge in [-0.15, -0.1) is 0 Å². The predicted molar refractivity (Wildman–Crippen MR) is 122 cm³/mol. The molecule has 0 bridgehead atoms. The monoisotopic (exact) mass is 501 g/mol. The predicted octanol–water partition coefficient (Wildman–Crippen LogP) is 2.80. The molecular weight excluding hydrogens is 471 g/mol. The fourth-order valence-electron chi connectivity index (χ4n) is 3.71. The summed E-state index contributed by atoms with van der Waals surface area (Å²) in [6.45, 7) is 3.36. The summed E-state index contributed by atoms with van der Waals surface area (Å²) in [5.41, 5.74) is 12.5. The van der Waals surface area contributed by atoms with E-state index in [1.807, 2.05) is 6.92 Å². The lowest BCUT2D eigenvalue weighted by Crippen LogP contribution is -2.44. The van der Waals surface area contributed by atoms with Gasteiger partial charge in [-0.05, 0) is 55.9 Å². The molecule has 2 aromatic carbocycles. The van der Waals surface area contributed by atoms with E-state index in [-0.39, 0.29) is 34.7 Å². The summed E-state index contributed by atoms with van der Waals surface area (Å²) in [6.07, 6.45) is 1.90. The number of aryl methyl sites for hydroxylation is 1. The highest BCUT2D eigenvalue weighted by molar-refractivity contribution is 7.85. The van der Waals surface area contributed by atoms with Crippen LogP contribution < -0.4 is 11.5 Å². The average molecular weight is 502 g/mol. The molecule has 0 aromatic heterocycles. The number of rotatable bonds is 6. The topological polar surface area (TPSA) is 127 Å². The van der Waals surface area contributed by atoms with Crippen LogP contribution in [-0.2, 0) is 21.3 Å². The molecule has 188 valence electrons. The van der Waals surface area contributed by atoms with Crippen molar-refractivity contribution in [3.05, 3.63) is 65.0 Å². The lowest BCUT2D eigenvalue weighted by atomic mass is 9.86. The number of carbonyl (C=O) groups excluding carboxylic acids is 1. The van der Waals surface area contributed by atoms with Gasteiger partial charge in [0.25, 0.3) is 10.1 Å². The third kappa shape index (κ3) is 8.08. The van der Waals surface area contributed by atoms with Crippen LogP contribution in [0.4, 0.5) is 13.2 Å². The van der Waals surface area contributed by atoms with Crippen LogP contribution in [0.25, 0.3) is 0 Å². The summed E-state index contributed by atoms with van der Waals surface area (Å²) in [5, 5.41) is 0. The van der Waals surface area contributed by atoms with Gasteiger partial charge < -0.3 is 16.4 Å². The highest BCUT2D eigenvalue weighted by Gasteiger charge is 2.27. The van der Waals surface area contributed by atoms with Crippen molar-refractivity contribution in [1.29, 1.82) is 0 Å². The zero-order valence-corrected chi connectivity index (χ0v) is 19.7. The molecule has 11 heteroatoms. The van der Waals surface area contributed by atoms with Gasteiger partial charge >= 0.3 is 0 Å². The molecule has 0 spiro atoms. The first-order valence-electron chi connectivity index (χ1n) is 10.8. The van der Waals surface area contributed by atoms with E-state index in [9.17, 15) is 26.4 Å². The summed E-state index contributed by atoms with van der Waals surface area (Å²) >= 11 is 0. The largest absolute Gasteiger partial charge is 0.343 e. The van der Waals surface area contributed by atoms with Gasteiger partial charge in [-0.1, -0.05) is 17.7 Å². The van der Waals surface area contributed by atoms with Gasteiger partial charge in [0.2, 0.25) is 5.91 Å². The third-order valence-electron chi connectivity index (χ3n) is 5.72. The van der Waals surface area contributed by atoms with Gasteiger partial charge in [-0.3, -0.25) is 9.35 Å². The number of likely N-dealkylation sites (tertiary alicyclic amines) is 1. The molecule has 1 fully saturated rings. The van der Waals surface area contributed by atoms with Crippen molar-refractivity contribution < 1.29 is 30.9 Å². The number of nitrogens with two attached hydrogens (primary N) is 2. The Balaban J connectivity index is 0.000000310. The minimum Gasteiger partial charge on any atom is -0.343 e.